The molecule has 0 atom stereocenters. The largest absolute Gasteiger partial charge is 0.368 e. The number of aromatic nitrogens is 5. The van der Waals surface area contributed by atoms with Crippen LogP contribution in [0.3, 0.4) is 0 Å². The quantitative estimate of drug-likeness (QED) is 0.669. The number of anilines is 1. The fraction of sp³-hybridized carbons (Fsp3) is 0.0909. The molecule has 2 N–H and O–H groups in total. The molecule has 0 saturated carbocycles. The predicted octanol–water partition coefficient (Wildman–Crippen LogP) is 1.73. The average molecular weight is 422 g/mol. The van der Waals surface area contributed by atoms with E-state index in [1.54, 1.807) is 0 Å². The lowest BCUT2D eigenvalue weighted by molar-refractivity contribution is 0.592. The second-order valence-corrected chi connectivity index (χ2v) is 7.76. The van der Waals surface area contributed by atoms with Gasteiger partial charge < -0.3 is 5.73 Å². The molecule has 120 valence electrons. The summed E-state index contributed by atoms with van der Waals surface area (Å²) in [5.41, 5.74) is 5.60. The molecule has 0 spiro atoms. The van der Waals surface area contributed by atoms with Gasteiger partial charge in [-0.05, 0) is 12.1 Å². The average Bonchev–Trinajstić information content (AvgIpc) is 2.80. The van der Waals surface area contributed by atoms with Crippen molar-refractivity contribution in [2.75, 3.05) is 12.0 Å². The Hall–Kier alpha value is -1.85. The Labute approximate surface area is 142 Å². The van der Waals surface area contributed by atoms with Gasteiger partial charge in [0.15, 0.2) is 5.82 Å². The summed E-state index contributed by atoms with van der Waals surface area (Å²) in [6.07, 6.45) is 0.931. The lowest BCUT2D eigenvalue weighted by Crippen LogP contribution is -2.11. The maximum Gasteiger partial charge on any atom is 0.258 e. The van der Waals surface area contributed by atoms with E-state index in [0.29, 0.717) is 4.47 Å². The van der Waals surface area contributed by atoms with Gasteiger partial charge in [-0.1, -0.05) is 27.5 Å². The second-order valence-electron chi connectivity index (χ2n) is 4.53. The Kier molecular flexibility index (Phi) is 3.73. The number of rotatable bonds is 2. The van der Waals surface area contributed by atoms with Gasteiger partial charge in [-0.3, -0.25) is 0 Å². The summed E-state index contributed by atoms with van der Waals surface area (Å²) in [4.78, 5) is 11.4. The zero-order valence-corrected chi connectivity index (χ0v) is 14.5. The van der Waals surface area contributed by atoms with Crippen molar-refractivity contribution in [1.29, 1.82) is 0 Å². The van der Waals surface area contributed by atoms with Gasteiger partial charge in [0, 0.05) is 10.7 Å². The smallest absolute Gasteiger partial charge is 0.258 e. The molecule has 0 fully saturated rings. The maximum atomic E-state index is 14.1. The molecular formula is C11H7BrClFN6O2S. The van der Waals surface area contributed by atoms with Crippen LogP contribution in [-0.2, 0) is 9.84 Å². The highest BCUT2D eigenvalue weighted by Gasteiger charge is 2.20. The van der Waals surface area contributed by atoms with Crippen molar-refractivity contribution in [2.45, 2.75) is 5.16 Å². The zero-order chi connectivity index (χ0) is 16.9. The van der Waals surface area contributed by atoms with Gasteiger partial charge in [0.2, 0.25) is 15.8 Å². The van der Waals surface area contributed by atoms with E-state index < -0.39 is 20.8 Å². The van der Waals surface area contributed by atoms with Gasteiger partial charge in [0.05, 0.1) is 10.6 Å². The molecule has 2 heterocycles. The highest BCUT2D eigenvalue weighted by atomic mass is 79.9. The zero-order valence-electron chi connectivity index (χ0n) is 11.3. The number of hydrogen-bond acceptors (Lipinski definition) is 7. The van der Waals surface area contributed by atoms with Gasteiger partial charge in [0.25, 0.3) is 10.9 Å². The summed E-state index contributed by atoms with van der Waals surface area (Å²) in [5, 5.41) is 3.55. The van der Waals surface area contributed by atoms with E-state index in [0.717, 1.165) is 10.8 Å². The SMILES string of the molecule is CS(=O)(=O)c1nc(N)n2nc(-c3c(F)cc(Br)cc3Cl)nc2n1. The van der Waals surface area contributed by atoms with Crippen LogP contribution in [0.15, 0.2) is 21.8 Å². The van der Waals surface area contributed by atoms with Crippen molar-refractivity contribution in [3.05, 3.63) is 27.4 Å². The number of benzene rings is 1. The van der Waals surface area contributed by atoms with E-state index in [4.69, 9.17) is 17.3 Å². The molecule has 0 aliphatic heterocycles. The van der Waals surface area contributed by atoms with Crippen LogP contribution >= 0.6 is 27.5 Å². The van der Waals surface area contributed by atoms with Crippen LogP contribution in [-0.4, -0.2) is 39.2 Å². The van der Waals surface area contributed by atoms with Gasteiger partial charge in [-0.15, -0.1) is 5.10 Å². The fourth-order valence-corrected chi connectivity index (χ4v) is 3.17. The van der Waals surface area contributed by atoms with Crippen LogP contribution in [0.2, 0.25) is 5.02 Å². The molecule has 3 rings (SSSR count). The number of fused-ring (bicyclic) bond motifs is 1. The van der Waals surface area contributed by atoms with Gasteiger partial charge in [-0.25, -0.2) is 12.8 Å². The van der Waals surface area contributed by atoms with Crippen LogP contribution < -0.4 is 5.73 Å². The van der Waals surface area contributed by atoms with Crippen molar-refractivity contribution in [3.63, 3.8) is 0 Å². The monoisotopic (exact) mass is 420 g/mol. The van der Waals surface area contributed by atoms with E-state index in [1.807, 2.05) is 0 Å². The summed E-state index contributed by atoms with van der Waals surface area (Å²) in [7, 11) is -3.68. The molecule has 0 unspecified atom stereocenters. The third-order valence-electron chi connectivity index (χ3n) is 2.78. The molecule has 0 saturated heterocycles. The summed E-state index contributed by atoms with van der Waals surface area (Å²) in [5.74, 6) is -1.13. The first-order chi connectivity index (χ1) is 10.7. The minimum absolute atomic E-state index is 0.0549. The van der Waals surface area contributed by atoms with Crippen molar-refractivity contribution in [3.8, 4) is 11.4 Å². The van der Waals surface area contributed by atoms with Crippen molar-refractivity contribution in [1.82, 2.24) is 24.6 Å². The topological polar surface area (TPSA) is 116 Å². The summed E-state index contributed by atoms with van der Waals surface area (Å²) >= 11 is 9.14. The molecule has 0 amide bonds. The molecule has 3 aromatic rings. The molecule has 0 bridgehead atoms. The standard InChI is InChI=1S/C11H7BrClFN6O2S/c1-23(21,22)11-17-9(15)20-10(18-11)16-8(19-20)7-5(13)2-4(12)3-6(7)14/h2-3H,1H3,(H2,15,16,17,18,19). The highest BCUT2D eigenvalue weighted by Crippen LogP contribution is 2.31. The van der Waals surface area contributed by atoms with Gasteiger partial charge >= 0.3 is 0 Å². The van der Waals surface area contributed by atoms with Gasteiger partial charge in [-0.2, -0.15) is 19.5 Å². The van der Waals surface area contributed by atoms with Crippen molar-refractivity contribution in [2.24, 2.45) is 0 Å². The number of halogens is 3. The normalized spacial score (nSPS) is 12.0. The van der Waals surface area contributed by atoms with E-state index in [-0.39, 0.29) is 28.1 Å². The van der Waals surface area contributed by atoms with E-state index >= 15 is 0 Å². The molecule has 1 aromatic carbocycles. The number of nitrogens with two attached hydrogens (primary N) is 1. The number of sulfone groups is 1. The van der Waals surface area contributed by atoms with Gasteiger partial charge in [0.1, 0.15) is 5.82 Å². The molecular weight excluding hydrogens is 415 g/mol. The lowest BCUT2D eigenvalue weighted by Gasteiger charge is -2.02. The van der Waals surface area contributed by atoms with Crippen LogP contribution in [0.1, 0.15) is 0 Å². The lowest BCUT2D eigenvalue weighted by atomic mass is 10.2. The van der Waals surface area contributed by atoms with Crippen LogP contribution in [0, 0.1) is 5.82 Å². The molecule has 23 heavy (non-hydrogen) atoms. The summed E-state index contributed by atoms with van der Waals surface area (Å²) in [6, 6.07) is 2.67. The Morgan fingerprint density at radius 3 is 2.61 bits per heavy atom. The molecule has 12 heteroatoms. The third-order valence-corrected chi connectivity index (χ3v) is 4.38. The highest BCUT2D eigenvalue weighted by molar-refractivity contribution is 9.10. The van der Waals surface area contributed by atoms with E-state index in [9.17, 15) is 12.8 Å². The molecule has 0 aliphatic carbocycles. The first kappa shape index (κ1) is 16.0. The second kappa shape index (κ2) is 5.35. The predicted molar refractivity (Wildman–Crippen MR) is 84.2 cm³/mol. The molecule has 8 nitrogen and oxygen atoms in total. The summed E-state index contributed by atoms with van der Waals surface area (Å²) in [6.45, 7) is 0. The van der Waals surface area contributed by atoms with Crippen LogP contribution in [0.5, 0.6) is 0 Å². The van der Waals surface area contributed by atoms with E-state index in [2.05, 4.69) is 36.0 Å². The Bertz CT molecular complexity index is 1030. The van der Waals surface area contributed by atoms with Crippen molar-refractivity contribution < 1.29 is 12.8 Å². The minimum atomic E-state index is -3.68. The molecule has 0 radical (unpaired) electrons. The Balaban J connectivity index is 2.28. The molecule has 2 aromatic heterocycles. The third kappa shape index (κ3) is 2.86. The number of nitrogen functional groups attached to an aromatic ring is 1. The maximum absolute atomic E-state index is 14.1. The molecule has 0 aliphatic rings. The first-order valence-corrected chi connectivity index (χ1v) is 8.98. The Morgan fingerprint density at radius 2 is 2.00 bits per heavy atom. The number of hydrogen-bond donors (Lipinski definition) is 1. The minimum Gasteiger partial charge on any atom is -0.368 e. The van der Waals surface area contributed by atoms with E-state index in [1.165, 1.54) is 12.1 Å². The fourth-order valence-electron chi connectivity index (χ4n) is 1.81. The Morgan fingerprint density at radius 1 is 1.30 bits per heavy atom. The number of nitrogens with zero attached hydrogens (tertiary/aromatic N) is 5. The van der Waals surface area contributed by atoms with Crippen LogP contribution in [0.4, 0.5) is 10.3 Å². The van der Waals surface area contributed by atoms with Crippen LogP contribution in [0.25, 0.3) is 17.2 Å². The summed E-state index contributed by atoms with van der Waals surface area (Å²) < 4.78 is 38.6. The van der Waals surface area contributed by atoms with Crippen molar-refractivity contribution >= 4 is 49.1 Å². The first-order valence-electron chi connectivity index (χ1n) is 5.92.